The zero-order valence-electron chi connectivity index (χ0n) is 33.5. The van der Waals surface area contributed by atoms with Crippen LogP contribution in [0.4, 0.5) is 0 Å². The van der Waals surface area contributed by atoms with Crippen molar-refractivity contribution in [3.63, 3.8) is 0 Å². The Morgan fingerprint density at radius 2 is 0.306 bits per heavy atom. The second-order valence-electron chi connectivity index (χ2n) is 14.2. The molecular formula is C54H40S4Sb4. The first kappa shape index (κ1) is 43.5. The number of rotatable bonds is 12. The summed E-state index contributed by atoms with van der Waals surface area (Å²) in [5, 5.41) is 0. The van der Waals surface area contributed by atoms with E-state index in [0.717, 1.165) is 0 Å². The van der Waals surface area contributed by atoms with Crippen LogP contribution < -0.4 is 28.1 Å². The number of thioether (sulfide) groups is 4. The second-order valence-corrected chi connectivity index (χ2v) is 47.0. The molecule has 0 atom stereocenters. The van der Waals surface area contributed by atoms with E-state index in [1.165, 1.54) is 36.6 Å². The van der Waals surface area contributed by atoms with Gasteiger partial charge in [0.1, 0.15) is 0 Å². The van der Waals surface area contributed by atoms with Crippen molar-refractivity contribution in [2.45, 2.75) is 0 Å². The van der Waals surface area contributed by atoms with Gasteiger partial charge in [0.2, 0.25) is 0 Å². The third kappa shape index (κ3) is 9.77. The molecule has 0 bridgehead atoms. The summed E-state index contributed by atoms with van der Waals surface area (Å²) in [4.78, 5) is 0. The van der Waals surface area contributed by atoms with Crippen LogP contribution in [0.2, 0.25) is 0 Å². The molecule has 8 aromatic carbocycles. The van der Waals surface area contributed by atoms with E-state index in [0.29, 0.717) is 0 Å². The van der Waals surface area contributed by atoms with Gasteiger partial charge < -0.3 is 0 Å². The first-order valence-corrected chi connectivity index (χ1v) is 38.9. The molecule has 2 heterocycles. The first-order valence-electron chi connectivity index (χ1n) is 20.4. The molecule has 0 aliphatic carbocycles. The summed E-state index contributed by atoms with van der Waals surface area (Å²) in [6.07, 6.45) is 0. The molecule has 0 nitrogen and oxygen atoms in total. The molecule has 8 heteroatoms. The monoisotopic (exact) mass is 1300 g/mol. The van der Waals surface area contributed by atoms with Crippen molar-refractivity contribution < 1.29 is 0 Å². The van der Waals surface area contributed by atoms with E-state index in [1.807, 2.05) is 0 Å². The van der Waals surface area contributed by atoms with Crippen LogP contribution >= 0.6 is 47.0 Å². The van der Waals surface area contributed by atoms with Gasteiger partial charge in [0, 0.05) is 0 Å². The van der Waals surface area contributed by atoms with Gasteiger partial charge in [-0.15, -0.1) is 0 Å². The second kappa shape index (κ2) is 21.3. The molecule has 2 aliphatic rings. The molecule has 0 fully saturated rings. The van der Waals surface area contributed by atoms with Crippen molar-refractivity contribution >= 4 is 156 Å². The Hall–Kier alpha value is -2.35. The molecular weight excluding hydrogens is 1260 g/mol. The van der Waals surface area contributed by atoms with Gasteiger partial charge in [-0.25, -0.2) is 0 Å². The first-order chi connectivity index (χ1) is 30.8. The molecule has 300 valence electrons. The third-order valence-corrected chi connectivity index (χ3v) is 53.9. The summed E-state index contributed by atoms with van der Waals surface area (Å²) in [7, 11) is 0. The molecule has 0 spiro atoms. The Bertz CT molecular complexity index is 2280. The zero-order valence-corrected chi connectivity index (χ0v) is 47.0. The van der Waals surface area contributed by atoms with Crippen LogP contribution in [0.3, 0.4) is 0 Å². The molecule has 0 unspecified atom stereocenters. The van der Waals surface area contributed by atoms with Crippen LogP contribution in [0.1, 0.15) is 0 Å². The fourth-order valence-corrected chi connectivity index (χ4v) is 59.5. The molecule has 0 amide bonds. The summed E-state index contributed by atoms with van der Waals surface area (Å²) in [6.45, 7) is 0. The van der Waals surface area contributed by atoms with Crippen molar-refractivity contribution in [2.24, 2.45) is 0 Å². The maximum absolute atomic E-state index is 2.53. The van der Waals surface area contributed by atoms with Gasteiger partial charge >= 0.3 is 419 Å². The summed E-state index contributed by atoms with van der Waals surface area (Å²) in [5.41, 5.74) is 0. The van der Waals surface area contributed by atoms with Crippen molar-refractivity contribution in [1.29, 1.82) is 0 Å². The SMILES string of the molecule is c1cc[c]([Sb]([C]2=[C]([Sb]([c]3ccccc3)[c]3ccccc3)SC(=C3S[C]([Sb]([c]4ccccc4)[c]4ccccc4)=[C]([Sb]([c]4ccccc4)[c]4ccccc4)S3)S2)[c]2ccccc2)cc1. The van der Waals surface area contributed by atoms with E-state index >= 15 is 0 Å². The van der Waals surface area contributed by atoms with Gasteiger partial charge in [0.25, 0.3) is 0 Å². The molecule has 0 saturated heterocycles. The van der Waals surface area contributed by atoms with Gasteiger partial charge in [0.15, 0.2) is 0 Å². The summed E-state index contributed by atoms with van der Waals surface area (Å²) >= 11 is -1.48. The van der Waals surface area contributed by atoms with Gasteiger partial charge in [-0.1, -0.05) is 0 Å². The van der Waals surface area contributed by atoms with Crippen LogP contribution in [0.25, 0.3) is 0 Å². The normalized spacial score (nSPS) is 14.3. The minimum atomic E-state index is -2.53. The standard InChI is InChI=1S/C6S4.8C6H5.4Sb/c1-2-8-5(7-1)6-9-3-4-10-6;8*1-2-4-6-5-3-1;;;;/h;8*1-5H;;;;. The number of benzene rings is 8. The average Bonchev–Trinajstić information content (AvgIpc) is 3.97. The van der Waals surface area contributed by atoms with E-state index in [9.17, 15) is 0 Å². The number of hydrogen-bond donors (Lipinski definition) is 0. The predicted octanol–water partition coefficient (Wildman–Crippen LogP) is 8.89. The summed E-state index contributed by atoms with van der Waals surface area (Å²) < 4.78 is 22.1. The Morgan fingerprint density at radius 1 is 0.177 bits per heavy atom. The quantitative estimate of drug-likeness (QED) is 0.112. The molecule has 0 radical (unpaired) electrons. The van der Waals surface area contributed by atoms with Crippen molar-refractivity contribution in [2.75, 3.05) is 0 Å². The van der Waals surface area contributed by atoms with Crippen molar-refractivity contribution in [3.05, 3.63) is 263 Å². The fourth-order valence-electron chi connectivity index (χ4n) is 7.45. The topological polar surface area (TPSA) is 0 Å². The van der Waals surface area contributed by atoms with E-state index in [2.05, 4.69) is 290 Å². The Morgan fingerprint density at radius 3 is 0.435 bits per heavy atom. The van der Waals surface area contributed by atoms with Crippen molar-refractivity contribution in [3.8, 4) is 0 Å². The Kier molecular flexibility index (Phi) is 15.0. The molecule has 0 N–H and O–H groups in total. The Balaban J connectivity index is 1.19. The molecule has 0 aromatic heterocycles. The number of hydrogen-bond acceptors (Lipinski definition) is 4. The van der Waals surface area contributed by atoms with E-state index < -0.39 is 80.8 Å². The third-order valence-electron chi connectivity index (χ3n) is 10.2. The average molecular weight is 1300 g/mol. The van der Waals surface area contributed by atoms with Crippen molar-refractivity contribution in [1.82, 2.24) is 0 Å². The van der Waals surface area contributed by atoms with Gasteiger partial charge in [-0.05, 0) is 0 Å². The van der Waals surface area contributed by atoms with Gasteiger partial charge in [0.05, 0.1) is 0 Å². The summed E-state index contributed by atoms with van der Waals surface area (Å²) in [6, 6.07) is 92.5. The van der Waals surface area contributed by atoms with Gasteiger partial charge in [-0.3, -0.25) is 0 Å². The van der Waals surface area contributed by atoms with Crippen LogP contribution in [-0.2, 0) is 0 Å². The van der Waals surface area contributed by atoms with E-state index in [1.54, 1.807) is 11.4 Å². The van der Waals surface area contributed by atoms with Crippen LogP contribution in [-0.4, -0.2) is 80.8 Å². The van der Waals surface area contributed by atoms with Crippen LogP contribution in [0, 0.1) is 0 Å². The van der Waals surface area contributed by atoms with Crippen LogP contribution in [0.15, 0.2) is 263 Å². The summed E-state index contributed by atoms with van der Waals surface area (Å²) in [5.74, 6) is 0. The fraction of sp³-hybridized carbons (Fsp3) is 0. The predicted molar refractivity (Wildman–Crippen MR) is 283 cm³/mol. The molecule has 0 saturated carbocycles. The molecule has 2 aliphatic heterocycles. The van der Waals surface area contributed by atoms with Crippen LogP contribution in [0.5, 0.6) is 0 Å². The maximum atomic E-state index is 2.43. The molecule has 62 heavy (non-hydrogen) atoms. The molecule has 10 rings (SSSR count). The van der Waals surface area contributed by atoms with Gasteiger partial charge in [-0.2, -0.15) is 0 Å². The van der Waals surface area contributed by atoms with E-state index in [4.69, 9.17) is 0 Å². The minimum absolute atomic E-state index is 1.50. The zero-order chi connectivity index (χ0) is 41.5. The molecule has 8 aromatic rings. The van der Waals surface area contributed by atoms with E-state index in [-0.39, 0.29) is 0 Å². The Labute approximate surface area is 412 Å².